The van der Waals surface area contributed by atoms with E-state index in [1.165, 1.54) is 0 Å². The topological polar surface area (TPSA) is 96.3 Å². The van der Waals surface area contributed by atoms with Crippen LogP contribution in [0.25, 0.3) is 0 Å². The monoisotopic (exact) mass is 477 g/mol. The Balaban J connectivity index is 1.39. The molecule has 0 bridgehead atoms. The maximum Gasteiger partial charge on any atom is 0.255 e. The molecule has 4 rings (SSSR count). The lowest BCUT2D eigenvalue weighted by atomic mass is 10.1. The molecule has 34 heavy (non-hydrogen) atoms. The number of hydrogen-bond donors (Lipinski definition) is 2. The lowest BCUT2D eigenvalue weighted by Crippen LogP contribution is -2.44. The van der Waals surface area contributed by atoms with Gasteiger partial charge in [0, 0.05) is 48.1 Å². The number of benzene rings is 2. The van der Waals surface area contributed by atoms with Crippen LogP contribution in [0.15, 0.2) is 61.2 Å². The van der Waals surface area contributed by atoms with E-state index in [2.05, 4.69) is 15.6 Å². The van der Waals surface area contributed by atoms with Crippen LogP contribution < -0.4 is 10.6 Å². The number of hydrogen-bond acceptors (Lipinski definition) is 5. The lowest BCUT2D eigenvalue weighted by molar-refractivity contribution is -0.119. The number of nitrogens with zero attached hydrogens (tertiary/aromatic N) is 3. The molecule has 8 nitrogen and oxygen atoms in total. The summed E-state index contributed by atoms with van der Waals surface area (Å²) in [6, 6.07) is 12.0. The minimum atomic E-state index is -0.562. The minimum Gasteiger partial charge on any atom is -0.337 e. The Morgan fingerprint density at radius 3 is 2.65 bits per heavy atom. The van der Waals surface area contributed by atoms with Gasteiger partial charge in [-0.15, -0.1) is 11.8 Å². The molecule has 3 aromatic rings. The smallest absolute Gasteiger partial charge is 0.255 e. The second-order valence-electron chi connectivity index (χ2n) is 8.26. The van der Waals surface area contributed by atoms with Gasteiger partial charge in [0.05, 0.1) is 12.2 Å². The van der Waals surface area contributed by atoms with E-state index in [0.29, 0.717) is 29.4 Å². The molecular formula is C25H27N5O3S. The third-order valence-electron chi connectivity index (χ3n) is 5.77. The number of thioether (sulfide) groups is 1. The first kappa shape index (κ1) is 23.6. The third-order valence-corrected chi connectivity index (χ3v) is 6.78. The number of amides is 3. The van der Waals surface area contributed by atoms with E-state index >= 15 is 0 Å². The van der Waals surface area contributed by atoms with Gasteiger partial charge in [-0.05, 0) is 55.3 Å². The molecule has 1 aromatic heterocycles. The molecule has 9 heteroatoms. The first-order valence-electron chi connectivity index (χ1n) is 11.0. The Kier molecular flexibility index (Phi) is 7.32. The first-order chi connectivity index (χ1) is 16.4. The summed E-state index contributed by atoms with van der Waals surface area (Å²) in [4.78, 5) is 44.1. The van der Waals surface area contributed by atoms with Gasteiger partial charge < -0.3 is 20.1 Å². The fourth-order valence-corrected chi connectivity index (χ4v) is 4.83. The van der Waals surface area contributed by atoms with Crippen LogP contribution in [-0.4, -0.2) is 49.8 Å². The molecule has 0 aliphatic carbocycles. The average Bonchev–Trinajstić information content (AvgIpc) is 3.52. The van der Waals surface area contributed by atoms with E-state index in [9.17, 15) is 14.4 Å². The van der Waals surface area contributed by atoms with Gasteiger partial charge in [-0.2, -0.15) is 0 Å². The molecule has 176 valence electrons. The molecule has 2 aromatic carbocycles. The second-order valence-corrected chi connectivity index (χ2v) is 9.26. The Hall–Kier alpha value is -3.59. The first-order valence-corrected chi connectivity index (χ1v) is 12.2. The van der Waals surface area contributed by atoms with Gasteiger partial charge in [-0.3, -0.25) is 14.4 Å². The van der Waals surface area contributed by atoms with Crippen molar-refractivity contribution in [2.45, 2.75) is 32.9 Å². The van der Waals surface area contributed by atoms with Crippen molar-refractivity contribution in [2.75, 3.05) is 22.3 Å². The predicted molar refractivity (Wildman–Crippen MR) is 134 cm³/mol. The lowest BCUT2D eigenvalue weighted by Gasteiger charge is -2.23. The van der Waals surface area contributed by atoms with E-state index in [4.69, 9.17) is 0 Å². The Bertz CT molecular complexity index is 1200. The van der Waals surface area contributed by atoms with E-state index in [-0.39, 0.29) is 24.1 Å². The highest BCUT2D eigenvalue weighted by Crippen LogP contribution is 2.25. The van der Waals surface area contributed by atoms with Crippen LogP contribution in [0.3, 0.4) is 0 Å². The number of carbonyl (C=O) groups excluding carboxylic acids is 3. The zero-order chi connectivity index (χ0) is 24.1. The summed E-state index contributed by atoms with van der Waals surface area (Å²) in [6.07, 6.45) is 5.41. The SMILES string of the molecule is Cc1ccc(NC(=O)C2CSCN2C(=O)c2cccc(NC(=O)CCn3ccnc3)c2)cc1C. The quantitative estimate of drug-likeness (QED) is 0.541. The van der Waals surface area contributed by atoms with Crippen LogP contribution in [-0.2, 0) is 16.1 Å². The zero-order valence-electron chi connectivity index (χ0n) is 19.2. The number of aromatic nitrogens is 2. The molecule has 1 aliphatic rings. The van der Waals surface area contributed by atoms with Crippen molar-refractivity contribution >= 4 is 40.9 Å². The molecule has 0 saturated carbocycles. The third kappa shape index (κ3) is 5.66. The molecule has 3 amide bonds. The highest BCUT2D eigenvalue weighted by atomic mass is 32.2. The zero-order valence-corrected chi connectivity index (χ0v) is 20.0. The van der Waals surface area contributed by atoms with Gasteiger partial charge in [0.1, 0.15) is 6.04 Å². The van der Waals surface area contributed by atoms with E-state index in [1.807, 2.05) is 36.6 Å². The van der Waals surface area contributed by atoms with E-state index < -0.39 is 6.04 Å². The molecule has 1 unspecified atom stereocenters. The molecule has 2 heterocycles. The summed E-state index contributed by atoms with van der Waals surface area (Å²) in [5.74, 6) is 0.379. The molecule has 0 radical (unpaired) electrons. The van der Waals surface area contributed by atoms with Crippen LogP contribution in [0.1, 0.15) is 27.9 Å². The van der Waals surface area contributed by atoms with Crippen LogP contribution in [0, 0.1) is 13.8 Å². The van der Waals surface area contributed by atoms with Crippen molar-refractivity contribution in [3.8, 4) is 0 Å². The summed E-state index contributed by atoms with van der Waals surface area (Å²) in [7, 11) is 0. The van der Waals surface area contributed by atoms with Gasteiger partial charge in [0.15, 0.2) is 0 Å². The minimum absolute atomic E-state index is 0.152. The largest absolute Gasteiger partial charge is 0.337 e. The number of imidazole rings is 1. The summed E-state index contributed by atoms with van der Waals surface area (Å²) in [5.41, 5.74) is 3.94. The van der Waals surface area contributed by atoms with E-state index in [0.717, 1.165) is 16.8 Å². The standard InChI is InChI=1S/C25H27N5O3S/c1-17-6-7-21(12-18(17)2)28-24(32)22-14-34-16-30(22)25(33)19-4-3-5-20(13-19)27-23(31)8-10-29-11-9-26-15-29/h3-7,9,11-13,15,22H,8,10,14,16H2,1-2H3,(H,27,31)(H,28,32). The molecule has 1 aliphatic heterocycles. The van der Waals surface area contributed by atoms with Crippen LogP contribution >= 0.6 is 11.8 Å². The Labute approximate surface area is 202 Å². The van der Waals surface area contributed by atoms with E-state index in [1.54, 1.807) is 59.6 Å². The fraction of sp³-hybridized carbons (Fsp3) is 0.280. The van der Waals surface area contributed by atoms with Crippen molar-refractivity contribution in [2.24, 2.45) is 0 Å². The highest BCUT2D eigenvalue weighted by molar-refractivity contribution is 7.99. The van der Waals surface area contributed by atoms with Gasteiger partial charge in [-0.25, -0.2) is 4.98 Å². The van der Waals surface area contributed by atoms with Crippen molar-refractivity contribution in [3.05, 3.63) is 77.9 Å². The maximum absolute atomic E-state index is 13.2. The Morgan fingerprint density at radius 1 is 1.06 bits per heavy atom. The van der Waals surface area contributed by atoms with Crippen molar-refractivity contribution in [1.82, 2.24) is 14.5 Å². The van der Waals surface area contributed by atoms with Gasteiger partial charge in [0.2, 0.25) is 11.8 Å². The van der Waals surface area contributed by atoms with Gasteiger partial charge in [-0.1, -0.05) is 12.1 Å². The fourth-order valence-electron chi connectivity index (χ4n) is 3.67. The Morgan fingerprint density at radius 2 is 1.88 bits per heavy atom. The number of nitrogens with one attached hydrogen (secondary N) is 2. The summed E-state index contributed by atoms with van der Waals surface area (Å²) in [5, 5.41) is 5.78. The molecule has 1 saturated heterocycles. The maximum atomic E-state index is 13.2. The summed E-state index contributed by atoms with van der Waals surface area (Å²) in [6.45, 7) is 4.54. The molecule has 0 spiro atoms. The number of rotatable bonds is 7. The van der Waals surface area contributed by atoms with Crippen molar-refractivity contribution in [1.29, 1.82) is 0 Å². The number of anilines is 2. The molecule has 2 N–H and O–H groups in total. The second kappa shape index (κ2) is 10.6. The molecule has 1 atom stereocenters. The molecular weight excluding hydrogens is 450 g/mol. The van der Waals surface area contributed by atoms with Crippen molar-refractivity contribution < 1.29 is 14.4 Å². The van der Waals surface area contributed by atoms with Gasteiger partial charge >= 0.3 is 0 Å². The normalized spacial score (nSPS) is 15.2. The summed E-state index contributed by atoms with van der Waals surface area (Å²) < 4.78 is 1.83. The summed E-state index contributed by atoms with van der Waals surface area (Å²) >= 11 is 1.54. The molecule has 1 fully saturated rings. The van der Waals surface area contributed by atoms with Crippen LogP contribution in [0.5, 0.6) is 0 Å². The average molecular weight is 478 g/mol. The van der Waals surface area contributed by atoms with Crippen LogP contribution in [0.2, 0.25) is 0 Å². The van der Waals surface area contributed by atoms with Crippen LogP contribution in [0.4, 0.5) is 11.4 Å². The predicted octanol–water partition coefficient (Wildman–Crippen LogP) is 3.68. The number of carbonyl (C=O) groups is 3. The number of aryl methyl sites for hydroxylation is 3. The van der Waals surface area contributed by atoms with Crippen molar-refractivity contribution in [3.63, 3.8) is 0 Å². The van der Waals surface area contributed by atoms with Gasteiger partial charge in [0.25, 0.3) is 5.91 Å². The highest BCUT2D eigenvalue weighted by Gasteiger charge is 2.35.